The van der Waals surface area contributed by atoms with Crippen LogP contribution in [0.5, 0.6) is 0 Å². The molecule has 8 heteroatoms. The molecule has 0 bridgehead atoms. The summed E-state index contributed by atoms with van der Waals surface area (Å²) in [5, 5.41) is 6.27. The van der Waals surface area contributed by atoms with Gasteiger partial charge in [-0.15, -0.1) is 11.3 Å². The molecule has 0 saturated carbocycles. The molecule has 3 rings (SSSR count). The van der Waals surface area contributed by atoms with E-state index in [9.17, 15) is 0 Å². The number of hydrogen-bond acceptors (Lipinski definition) is 7. The molecule has 0 fully saturated rings. The van der Waals surface area contributed by atoms with Crippen molar-refractivity contribution in [2.45, 2.75) is 6.42 Å². The SMILES string of the molecule is Nc1nc(NCCc2nccs2)c2[nH]cnc2n1. The highest BCUT2D eigenvalue weighted by Crippen LogP contribution is 2.17. The van der Waals surface area contributed by atoms with Gasteiger partial charge in [0.2, 0.25) is 5.95 Å². The van der Waals surface area contributed by atoms with Crippen molar-refractivity contribution in [3.8, 4) is 0 Å². The predicted octanol–water partition coefficient (Wildman–Crippen LogP) is 1.05. The van der Waals surface area contributed by atoms with Gasteiger partial charge in [-0.05, 0) is 0 Å². The zero-order valence-electron chi connectivity index (χ0n) is 9.42. The Morgan fingerprint density at radius 1 is 1.33 bits per heavy atom. The van der Waals surface area contributed by atoms with Crippen molar-refractivity contribution in [2.24, 2.45) is 0 Å². The zero-order valence-corrected chi connectivity index (χ0v) is 10.2. The van der Waals surface area contributed by atoms with Gasteiger partial charge in [-0.1, -0.05) is 0 Å². The summed E-state index contributed by atoms with van der Waals surface area (Å²) in [6.07, 6.45) is 4.22. The molecular formula is C10H11N7S. The Balaban J connectivity index is 1.75. The number of aromatic amines is 1. The Hall–Kier alpha value is -2.22. The van der Waals surface area contributed by atoms with Crippen LogP contribution in [0.25, 0.3) is 11.2 Å². The Morgan fingerprint density at radius 2 is 2.28 bits per heavy atom. The van der Waals surface area contributed by atoms with E-state index in [2.05, 4.69) is 30.2 Å². The van der Waals surface area contributed by atoms with Crippen LogP contribution < -0.4 is 11.1 Å². The fourth-order valence-corrected chi connectivity index (χ4v) is 2.26. The molecule has 3 aromatic heterocycles. The summed E-state index contributed by atoms with van der Waals surface area (Å²) in [6, 6.07) is 0. The lowest BCUT2D eigenvalue weighted by Gasteiger charge is -2.05. The van der Waals surface area contributed by atoms with Crippen LogP contribution in [-0.2, 0) is 6.42 Å². The van der Waals surface area contributed by atoms with E-state index < -0.39 is 0 Å². The fourth-order valence-electron chi connectivity index (χ4n) is 1.64. The van der Waals surface area contributed by atoms with Gasteiger partial charge in [0.05, 0.1) is 11.3 Å². The smallest absolute Gasteiger partial charge is 0.224 e. The van der Waals surface area contributed by atoms with Gasteiger partial charge >= 0.3 is 0 Å². The standard InChI is InChI=1S/C10H11N7S/c11-10-16-8(7-9(17-10)15-5-14-7)13-2-1-6-12-3-4-18-6/h3-5H,1-2H2,(H4,11,13,14,15,16,17). The number of nitrogens with two attached hydrogens (primary N) is 1. The molecule has 3 heterocycles. The molecule has 0 radical (unpaired) electrons. The Labute approximate surface area is 107 Å². The highest BCUT2D eigenvalue weighted by Gasteiger charge is 2.07. The summed E-state index contributed by atoms with van der Waals surface area (Å²) in [7, 11) is 0. The van der Waals surface area contributed by atoms with E-state index in [1.165, 1.54) is 0 Å². The van der Waals surface area contributed by atoms with Crippen molar-refractivity contribution >= 4 is 34.3 Å². The third-order valence-corrected chi connectivity index (χ3v) is 3.26. The minimum atomic E-state index is 0.214. The number of aromatic nitrogens is 5. The van der Waals surface area contributed by atoms with Gasteiger partial charge in [-0.25, -0.2) is 9.97 Å². The zero-order chi connectivity index (χ0) is 12.4. The summed E-state index contributed by atoms with van der Waals surface area (Å²) in [5.41, 5.74) is 6.96. The second-order valence-electron chi connectivity index (χ2n) is 3.63. The quantitative estimate of drug-likeness (QED) is 0.648. The Bertz CT molecular complexity index is 645. The molecule has 0 aliphatic carbocycles. The highest BCUT2D eigenvalue weighted by atomic mass is 32.1. The Kier molecular flexibility index (Phi) is 2.77. The summed E-state index contributed by atoms with van der Waals surface area (Å²) in [4.78, 5) is 19.5. The third-order valence-electron chi connectivity index (χ3n) is 2.42. The third kappa shape index (κ3) is 2.09. The van der Waals surface area contributed by atoms with Crippen LogP contribution in [0, 0.1) is 0 Å². The molecular weight excluding hydrogens is 250 g/mol. The predicted molar refractivity (Wildman–Crippen MR) is 70.4 cm³/mol. The number of hydrogen-bond donors (Lipinski definition) is 3. The summed E-state index contributed by atoms with van der Waals surface area (Å²) >= 11 is 1.64. The second-order valence-corrected chi connectivity index (χ2v) is 4.61. The lowest BCUT2D eigenvalue weighted by Crippen LogP contribution is -2.08. The van der Waals surface area contributed by atoms with Gasteiger partial charge in [0.25, 0.3) is 0 Å². The van der Waals surface area contributed by atoms with Gasteiger partial charge in [-0.2, -0.15) is 9.97 Å². The van der Waals surface area contributed by atoms with E-state index in [1.54, 1.807) is 23.9 Å². The number of thiazole rings is 1. The van der Waals surface area contributed by atoms with Crippen LogP contribution in [0.1, 0.15) is 5.01 Å². The van der Waals surface area contributed by atoms with Gasteiger partial charge < -0.3 is 16.0 Å². The Morgan fingerprint density at radius 3 is 3.11 bits per heavy atom. The van der Waals surface area contributed by atoms with Gasteiger partial charge in [0.1, 0.15) is 5.52 Å². The molecule has 3 aromatic rings. The average molecular weight is 261 g/mol. The van der Waals surface area contributed by atoms with Crippen molar-refractivity contribution < 1.29 is 0 Å². The normalized spacial score (nSPS) is 10.9. The number of rotatable bonds is 4. The molecule has 0 spiro atoms. The van der Waals surface area contributed by atoms with E-state index in [0.717, 1.165) is 23.5 Å². The van der Waals surface area contributed by atoms with E-state index in [-0.39, 0.29) is 5.95 Å². The molecule has 0 aliphatic rings. The number of fused-ring (bicyclic) bond motifs is 1. The minimum Gasteiger partial charge on any atom is -0.368 e. The van der Waals surface area contributed by atoms with E-state index in [4.69, 9.17) is 5.73 Å². The van der Waals surface area contributed by atoms with E-state index >= 15 is 0 Å². The van der Waals surface area contributed by atoms with Gasteiger partial charge in [-0.3, -0.25) is 0 Å². The van der Waals surface area contributed by atoms with E-state index in [1.807, 2.05) is 5.38 Å². The molecule has 0 atom stereocenters. The maximum atomic E-state index is 5.62. The van der Waals surface area contributed by atoms with Crippen LogP contribution in [0.3, 0.4) is 0 Å². The van der Waals surface area contributed by atoms with Crippen LogP contribution >= 0.6 is 11.3 Å². The first-order chi connectivity index (χ1) is 8.83. The lowest BCUT2D eigenvalue weighted by atomic mass is 10.4. The van der Waals surface area contributed by atoms with Crippen LogP contribution in [0.4, 0.5) is 11.8 Å². The number of nitrogens with zero attached hydrogens (tertiary/aromatic N) is 4. The molecule has 4 N–H and O–H groups in total. The molecule has 92 valence electrons. The van der Waals surface area contributed by atoms with Crippen LogP contribution in [-0.4, -0.2) is 31.5 Å². The second kappa shape index (κ2) is 4.57. The van der Waals surface area contributed by atoms with Gasteiger partial charge in [0.15, 0.2) is 11.5 Å². The fraction of sp³-hybridized carbons (Fsp3) is 0.200. The topological polar surface area (TPSA) is 105 Å². The molecule has 0 amide bonds. The van der Waals surface area contributed by atoms with E-state index in [0.29, 0.717) is 11.5 Å². The maximum Gasteiger partial charge on any atom is 0.224 e. The molecule has 7 nitrogen and oxygen atoms in total. The van der Waals surface area contributed by atoms with Crippen molar-refractivity contribution in [1.29, 1.82) is 0 Å². The van der Waals surface area contributed by atoms with Gasteiger partial charge in [0, 0.05) is 24.5 Å². The molecule has 0 unspecified atom stereocenters. The number of nitrogen functional groups attached to an aromatic ring is 1. The van der Waals surface area contributed by atoms with Crippen molar-refractivity contribution in [3.05, 3.63) is 22.9 Å². The number of H-pyrrole nitrogens is 1. The highest BCUT2D eigenvalue weighted by molar-refractivity contribution is 7.09. The maximum absolute atomic E-state index is 5.62. The monoisotopic (exact) mass is 261 g/mol. The first kappa shape index (κ1) is 10.9. The van der Waals surface area contributed by atoms with Crippen molar-refractivity contribution in [1.82, 2.24) is 24.9 Å². The lowest BCUT2D eigenvalue weighted by molar-refractivity contribution is 0.988. The largest absolute Gasteiger partial charge is 0.368 e. The summed E-state index contributed by atoms with van der Waals surface area (Å²) in [6.45, 7) is 0.734. The first-order valence-electron chi connectivity index (χ1n) is 5.42. The molecule has 18 heavy (non-hydrogen) atoms. The van der Waals surface area contributed by atoms with Crippen LogP contribution in [0.15, 0.2) is 17.9 Å². The first-order valence-corrected chi connectivity index (χ1v) is 6.30. The van der Waals surface area contributed by atoms with Crippen molar-refractivity contribution in [2.75, 3.05) is 17.6 Å². The number of imidazole rings is 1. The number of nitrogens with one attached hydrogen (secondary N) is 2. The molecule has 0 aliphatic heterocycles. The van der Waals surface area contributed by atoms with Crippen molar-refractivity contribution in [3.63, 3.8) is 0 Å². The molecule has 0 aromatic carbocycles. The minimum absolute atomic E-state index is 0.214. The van der Waals surface area contributed by atoms with Crippen LogP contribution in [0.2, 0.25) is 0 Å². The summed E-state index contributed by atoms with van der Waals surface area (Å²) < 4.78 is 0. The number of anilines is 2. The summed E-state index contributed by atoms with van der Waals surface area (Å²) in [5.74, 6) is 0.887. The molecule has 0 saturated heterocycles. The average Bonchev–Trinajstić information content (AvgIpc) is 2.98.